The molecule has 25 heavy (non-hydrogen) atoms. The molecule has 0 spiro atoms. The van der Waals surface area contributed by atoms with Gasteiger partial charge < -0.3 is 19.9 Å². The van der Waals surface area contributed by atoms with E-state index < -0.39 is 0 Å². The van der Waals surface area contributed by atoms with Gasteiger partial charge in [0.2, 0.25) is 0 Å². The lowest BCUT2D eigenvalue weighted by Crippen LogP contribution is -2.05. The maximum atomic E-state index is 8.99. The Morgan fingerprint density at radius 2 is 1.92 bits per heavy atom. The normalized spacial score (nSPS) is 10.7. The number of rotatable bonds is 7. The number of benzene rings is 2. The first-order valence-electron chi connectivity index (χ1n) is 8.20. The van der Waals surface area contributed by atoms with E-state index in [0.717, 1.165) is 22.2 Å². The second-order valence-corrected chi connectivity index (χ2v) is 5.54. The van der Waals surface area contributed by atoms with E-state index in [-0.39, 0.29) is 13.2 Å². The summed E-state index contributed by atoms with van der Waals surface area (Å²) in [6, 6.07) is 11.7. The zero-order chi connectivity index (χ0) is 17.6. The highest BCUT2D eigenvalue weighted by atomic mass is 16.5. The highest BCUT2D eigenvalue weighted by molar-refractivity contribution is 5.93. The van der Waals surface area contributed by atoms with E-state index in [2.05, 4.69) is 21.4 Å². The molecule has 0 bridgehead atoms. The van der Waals surface area contributed by atoms with Crippen molar-refractivity contribution in [2.24, 2.45) is 0 Å². The van der Waals surface area contributed by atoms with Crippen LogP contribution < -0.4 is 14.8 Å². The van der Waals surface area contributed by atoms with Crippen LogP contribution in [0.15, 0.2) is 42.7 Å². The summed E-state index contributed by atoms with van der Waals surface area (Å²) in [5, 5.41) is 13.2. The first kappa shape index (κ1) is 17.0. The molecule has 1 aromatic heterocycles. The summed E-state index contributed by atoms with van der Waals surface area (Å²) in [4.78, 5) is 8.69. The number of nitrogens with one attached hydrogen (secondary N) is 1. The molecule has 2 aromatic carbocycles. The minimum atomic E-state index is -0.0620. The number of aliphatic hydroxyl groups excluding tert-OH is 1. The predicted molar refractivity (Wildman–Crippen MR) is 97.7 cm³/mol. The van der Waals surface area contributed by atoms with Gasteiger partial charge in [0.05, 0.1) is 18.7 Å². The molecule has 0 unspecified atom stereocenters. The number of aryl methyl sites for hydroxylation is 1. The summed E-state index contributed by atoms with van der Waals surface area (Å²) in [5.74, 6) is 1.86. The number of nitrogens with zero attached hydrogens (tertiary/aromatic N) is 2. The number of hydrogen-bond acceptors (Lipinski definition) is 6. The van der Waals surface area contributed by atoms with Crippen LogP contribution in [0.2, 0.25) is 0 Å². The van der Waals surface area contributed by atoms with Gasteiger partial charge in [-0.3, -0.25) is 0 Å². The highest BCUT2D eigenvalue weighted by Gasteiger charge is 2.12. The summed E-state index contributed by atoms with van der Waals surface area (Å²) in [5.41, 5.74) is 2.86. The average Bonchev–Trinajstić information content (AvgIpc) is 2.61. The van der Waals surface area contributed by atoms with E-state index in [1.807, 2.05) is 38.1 Å². The minimum absolute atomic E-state index is 0.0620. The molecule has 0 saturated carbocycles. The second kappa shape index (κ2) is 7.81. The molecule has 2 N–H and O–H groups in total. The van der Waals surface area contributed by atoms with Gasteiger partial charge in [0, 0.05) is 17.1 Å². The van der Waals surface area contributed by atoms with Gasteiger partial charge >= 0.3 is 0 Å². The zero-order valence-corrected chi connectivity index (χ0v) is 14.3. The van der Waals surface area contributed by atoms with Gasteiger partial charge in [-0.2, -0.15) is 0 Å². The Kier molecular flexibility index (Phi) is 5.30. The molecule has 130 valence electrons. The highest BCUT2D eigenvalue weighted by Crippen LogP contribution is 2.35. The fraction of sp³-hybridized carbons (Fsp3) is 0.263. The fourth-order valence-corrected chi connectivity index (χ4v) is 2.56. The molecule has 0 radical (unpaired) electrons. The Hall–Kier alpha value is -2.86. The summed E-state index contributed by atoms with van der Waals surface area (Å²) in [6.07, 6.45) is 1.51. The summed E-state index contributed by atoms with van der Waals surface area (Å²) < 4.78 is 11.2. The summed E-state index contributed by atoms with van der Waals surface area (Å²) in [7, 11) is 0. The van der Waals surface area contributed by atoms with Gasteiger partial charge in [0.25, 0.3) is 0 Å². The molecular weight excluding hydrogens is 318 g/mol. The van der Waals surface area contributed by atoms with Crippen molar-refractivity contribution in [3.63, 3.8) is 0 Å². The first-order chi connectivity index (χ1) is 12.2. The first-order valence-corrected chi connectivity index (χ1v) is 8.20. The molecule has 3 rings (SSSR count). The van der Waals surface area contributed by atoms with E-state index in [0.29, 0.717) is 23.9 Å². The van der Waals surface area contributed by atoms with Gasteiger partial charge in [-0.25, -0.2) is 9.97 Å². The lowest BCUT2D eigenvalue weighted by atomic mass is 10.2. The van der Waals surface area contributed by atoms with Crippen molar-refractivity contribution in [1.82, 2.24) is 9.97 Å². The molecule has 0 saturated heterocycles. The fourth-order valence-electron chi connectivity index (χ4n) is 2.56. The Balaban J connectivity index is 2.03. The summed E-state index contributed by atoms with van der Waals surface area (Å²) >= 11 is 0. The third-order valence-corrected chi connectivity index (χ3v) is 3.63. The largest absolute Gasteiger partial charge is 0.490 e. The van der Waals surface area contributed by atoms with Crippen LogP contribution in [0.4, 0.5) is 11.5 Å². The maximum absolute atomic E-state index is 8.99. The molecule has 6 nitrogen and oxygen atoms in total. The van der Waals surface area contributed by atoms with Gasteiger partial charge in [-0.15, -0.1) is 0 Å². The smallest absolute Gasteiger partial charge is 0.163 e. The van der Waals surface area contributed by atoms with Crippen LogP contribution in [0.5, 0.6) is 11.5 Å². The number of hydrogen-bond donors (Lipinski definition) is 2. The standard InChI is InChI=1S/C19H21N3O3/c1-3-24-17-10-15-16(11-18(17)25-8-7-23)20-12-21-19(15)22-14-6-4-5-13(2)9-14/h4-6,9-12,23H,3,7-8H2,1-2H3,(H,20,21,22). The lowest BCUT2D eigenvalue weighted by Gasteiger charge is -2.14. The molecule has 0 aliphatic carbocycles. The van der Waals surface area contributed by atoms with Crippen molar-refractivity contribution in [1.29, 1.82) is 0 Å². The minimum Gasteiger partial charge on any atom is -0.490 e. The van der Waals surface area contributed by atoms with Gasteiger partial charge in [-0.1, -0.05) is 12.1 Å². The predicted octanol–water partition coefficient (Wildman–Crippen LogP) is 3.45. The second-order valence-electron chi connectivity index (χ2n) is 5.54. The van der Waals surface area contributed by atoms with Crippen LogP contribution in [0.1, 0.15) is 12.5 Å². The van der Waals surface area contributed by atoms with Crippen molar-refractivity contribution in [2.45, 2.75) is 13.8 Å². The third kappa shape index (κ3) is 3.97. The van der Waals surface area contributed by atoms with Crippen molar-refractivity contribution in [2.75, 3.05) is 25.1 Å². The Labute approximate surface area is 146 Å². The van der Waals surface area contributed by atoms with Gasteiger partial charge in [0.1, 0.15) is 18.8 Å². The van der Waals surface area contributed by atoms with Crippen LogP contribution >= 0.6 is 0 Å². The number of ether oxygens (including phenoxy) is 2. The molecule has 0 atom stereocenters. The molecule has 0 fully saturated rings. The molecular formula is C19H21N3O3. The Morgan fingerprint density at radius 1 is 1.08 bits per heavy atom. The summed E-state index contributed by atoms with van der Waals surface area (Å²) in [6.45, 7) is 4.60. The van der Waals surface area contributed by atoms with Gasteiger partial charge in [0.15, 0.2) is 11.5 Å². The average molecular weight is 339 g/mol. The van der Waals surface area contributed by atoms with E-state index in [4.69, 9.17) is 14.6 Å². The maximum Gasteiger partial charge on any atom is 0.163 e. The lowest BCUT2D eigenvalue weighted by molar-refractivity contribution is 0.194. The van der Waals surface area contributed by atoms with Crippen LogP contribution in [0.25, 0.3) is 10.9 Å². The topological polar surface area (TPSA) is 76.5 Å². The van der Waals surface area contributed by atoms with E-state index in [9.17, 15) is 0 Å². The molecule has 0 aliphatic heterocycles. The van der Waals surface area contributed by atoms with Crippen LogP contribution in [0.3, 0.4) is 0 Å². The molecule has 0 amide bonds. The van der Waals surface area contributed by atoms with E-state index in [1.54, 1.807) is 6.07 Å². The third-order valence-electron chi connectivity index (χ3n) is 3.63. The zero-order valence-electron chi connectivity index (χ0n) is 14.3. The quantitative estimate of drug-likeness (QED) is 0.686. The number of anilines is 2. The van der Waals surface area contributed by atoms with Crippen LogP contribution in [-0.4, -0.2) is 34.9 Å². The van der Waals surface area contributed by atoms with Crippen molar-refractivity contribution >= 4 is 22.4 Å². The van der Waals surface area contributed by atoms with Crippen LogP contribution in [-0.2, 0) is 0 Å². The number of aliphatic hydroxyl groups is 1. The Morgan fingerprint density at radius 3 is 2.68 bits per heavy atom. The van der Waals surface area contributed by atoms with Crippen molar-refractivity contribution < 1.29 is 14.6 Å². The van der Waals surface area contributed by atoms with E-state index in [1.165, 1.54) is 6.33 Å². The van der Waals surface area contributed by atoms with Crippen LogP contribution in [0, 0.1) is 6.92 Å². The number of fused-ring (bicyclic) bond motifs is 1. The van der Waals surface area contributed by atoms with Crippen molar-refractivity contribution in [3.8, 4) is 11.5 Å². The molecule has 0 aliphatic rings. The van der Waals surface area contributed by atoms with E-state index >= 15 is 0 Å². The SMILES string of the molecule is CCOc1cc2c(Nc3cccc(C)c3)ncnc2cc1OCCO. The van der Waals surface area contributed by atoms with Crippen molar-refractivity contribution in [3.05, 3.63) is 48.3 Å². The number of aromatic nitrogens is 2. The molecule has 1 heterocycles. The monoisotopic (exact) mass is 339 g/mol. The molecule has 3 aromatic rings. The molecule has 6 heteroatoms. The van der Waals surface area contributed by atoms with Gasteiger partial charge in [-0.05, 0) is 37.6 Å². The Bertz CT molecular complexity index is 868.